The molecule has 162 valence electrons. The number of hydrogen-bond donors (Lipinski definition) is 0. The monoisotopic (exact) mass is 430 g/mol. The molecule has 0 bridgehead atoms. The van der Waals surface area contributed by atoms with Gasteiger partial charge < -0.3 is 9.15 Å². The summed E-state index contributed by atoms with van der Waals surface area (Å²) in [5.41, 5.74) is 0.208. The van der Waals surface area contributed by atoms with Gasteiger partial charge in [-0.05, 0) is 52.4 Å². The summed E-state index contributed by atoms with van der Waals surface area (Å²) in [4.78, 5) is 14.8. The molecule has 0 N–H and O–H groups in total. The van der Waals surface area contributed by atoms with Crippen molar-refractivity contribution < 1.29 is 17.9 Å². The van der Waals surface area contributed by atoms with E-state index in [1.807, 2.05) is 6.92 Å². The third-order valence-corrected chi connectivity index (χ3v) is 6.64. The van der Waals surface area contributed by atoms with Gasteiger partial charge in [0.1, 0.15) is 5.82 Å². The molecule has 1 aliphatic carbocycles. The van der Waals surface area contributed by atoms with E-state index < -0.39 is 17.4 Å². The normalized spacial score (nSPS) is 26.6. The first-order valence-electron chi connectivity index (χ1n) is 10.3. The van der Waals surface area contributed by atoms with Crippen molar-refractivity contribution >= 4 is 23.5 Å². The zero-order chi connectivity index (χ0) is 19.9. The van der Waals surface area contributed by atoms with E-state index >= 15 is 0 Å². The first-order valence-corrected chi connectivity index (χ1v) is 10.3. The Bertz CT molecular complexity index is 897. The maximum absolute atomic E-state index is 13.9. The van der Waals surface area contributed by atoms with Crippen molar-refractivity contribution in [1.82, 2.24) is 9.47 Å². The SMILES string of the molecule is CCO[C@H]1CC[C@](C)(N2CCC(n3c(=O)oc4c(F)cc(F)cc43)CC2)CC1.Cl. The van der Waals surface area contributed by atoms with Crippen LogP contribution in [-0.4, -0.2) is 40.8 Å². The summed E-state index contributed by atoms with van der Waals surface area (Å²) in [7, 11) is 0. The van der Waals surface area contributed by atoms with Crippen LogP contribution in [0.4, 0.5) is 8.78 Å². The van der Waals surface area contributed by atoms with Crippen molar-refractivity contribution in [3.05, 3.63) is 34.3 Å². The van der Waals surface area contributed by atoms with Crippen molar-refractivity contribution in [3.63, 3.8) is 0 Å². The molecule has 29 heavy (non-hydrogen) atoms. The number of aromatic nitrogens is 1. The second-order valence-corrected chi connectivity index (χ2v) is 8.34. The van der Waals surface area contributed by atoms with Gasteiger partial charge in [-0.2, -0.15) is 0 Å². The highest BCUT2D eigenvalue weighted by Crippen LogP contribution is 2.38. The molecule has 4 rings (SSSR count). The predicted octanol–water partition coefficient (Wildman–Crippen LogP) is 4.67. The molecular weight excluding hydrogens is 402 g/mol. The maximum atomic E-state index is 13.9. The van der Waals surface area contributed by atoms with Gasteiger partial charge in [0.15, 0.2) is 11.4 Å². The van der Waals surface area contributed by atoms with Crippen molar-refractivity contribution in [2.75, 3.05) is 19.7 Å². The van der Waals surface area contributed by atoms with Crippen LogP contribution in [0.25, 0.3) is 11.1 Å². The van der Waals surface area contributed by atoms with Crippen molar-refractivity contribution in [2.45, 2.75) is 70.1 Å². The van der Waals surface area contributed by atoms with Crippen LogP contribution in [0.15, 0.2) is 21.3 Å². The smallest absolute Gasteiger partial charge is 0.405 e. The average Bonchev–Trinajstić information content (AvgIpc) is 3.00. The molecule has 0 unspecified atom stereocenters. The first kappa shape index (κ1) is 22.2. The Hall–Kier alpha value is -1.44. The molecule has 1 aromatic carbocycles. The fourth-order valence-corrected chi connectivity index (χ4v) is 5.00. The van der Waals surface area contributed by atoms with Crippen LogP contribution in [0.2, 0.25) is 0 Å². The molecule has 0 radical (unpaired) electrons. The zero-order valence-electron chi connectivity index (χ0n) is 17.0. The zero-order valence-corrected chi connectivity index (χ0v) is 17.8. The van der Waals surface area contributed by atoms with Crippen LogP contribution < -0.4 is 5.76 Å². The van der Waals surface area contributed by atoms with Gasteiger partial charge in [-0.3, -0.25) is 9.47 Å². The summed E-state index contributed by atoms with van der Waals surface area (Å²) < 4.78 is 39.9. The molecule has 2 fully saturated rings. The van der Waals surface area contributed by atoms with Crippen LogP contribution in [0.5, 0.6) is 0 Å². The van der Waals surface area contributed by atoms with Crippen molar-refractivity contribution in [1.29, 1.82) is 0 Å². The van der Waals surface area contributed by atoms with Gasteiger partial charge in [0.2, 0.25) is 0 Å². The quantitative estimate of drug-likeness (QED) is 0.707. The molecule has 8 heteroatoms. The molecule has 0 atom stereocenters. The number of nitrogens with zero attached hydrogens (tertiary/aromatic N) is 2. The highest BCUT2D eigenvalue weighted by atomic mass is 35.5. The van der Waals surface area contributed by atoms with Crippen LogP contribution in [0.1, 0.15) is 58.4 Å². The molecule has 2 aromatic rings. The Kier molecular flexibility index (Phi) is 6.70. The van der Waals surface area contributed by atoms with E-state index in [0.717, 1.165) is 64.3 Å². The van der Waals surface area contributed by atoms with Gasteiger partial charge >= 0.3 is 5.76 Å². The molecule has 5 nitrogen and oxygen atoms in total. The van der Waals surface area contributed by atoms with Crippen LogP contribution in [-0.2, 0) is 4.74 Å². The Morgan fingerprint density at radius 2 is 1.83 bits per heavy atom. The summed E-state index contributed by atoms with van der Waals surface area (Å²) in [5.74, 6) is -2.14. The fourth-order valence-electron chi connectivity index (χ4n) is 5.00. The highest BCUT2D eigenvalue weighted by Gasteiger charge is 2.38. The van der Waals surface area contributed by atoms with E-state index in [9.17, 15) is 13.6 Å². The van der Waals surface area contributed by atoms with E-state index in [1.165, 1.54) is 10.6 Å². The number of fused-ring (bicyclic) bond motifs is 1. The summed E-state index contributed by atoms with van der Waals surface area (Å²) in [6.45, 7) is 6.84. The van der Waals surface area contributed by atoms with Gasteiger partial charge in [-0.1, -0.05) is 0 Å². The van der Waals surface area contributed by atoms with E-state index in [4.69, 9.17) is 9.15 Å². The molecule has 1 aromatic heterocycles. The van der Waals surface area contributed by atoms with Crippen molar-refractivity contribution in [2.24, 2.45) is 0 Å². The van der Waals surface area contributed by atoms with Crippen LogP contribution >= 0.6 is 12.4 Å². The van der Waals surface area contributed by atoms with E-state index in [1.54, 1.807) is 0 Å². The highest BCUT2D eigenvalue weighted by molar-refractivity contribution is 5.85. The molecule has 2 aliphatic rings. The van der Waals surface area contributed by atoms with Gasteiger partial charge in [0.05, 0.1) is 11.6 Å². The second kappa shape index (κ2) is 8.74. The first-order chi connectivity index (χ1) is 13.4. The van der Waals surface area contributed by atoms with Crippen molar-refractivity contribution in [3.8, 4) is 0 Å². The van der Waals surface area contributed by atoms with E-state index in [0.29, 0.717) is 6.10 Å². The number of piperidine rings is 1. The number of halogens is 3. The summed E-state index contributed by atoms with van der Waals surface area (Å²) in [6.07, 6.45) is 6.26. The summed E-state index contributed by atoms with van der Waals surface area (Å²) in [5, 5.41) is 0. The minimum atomic E-state index is -0.832. The predicted molar refractivity (Wildman–Crippen MR) is 110 cm³/mol. The minimum Gasteiger partial charge on any atom is -0.405 e. The Balaban J connectivity index is 0.00000240. The molecule has 1 saturated carbocycles. The van der Waals surface area contributed by atoms with Gasteiger partial charge in [-0.15, -0.1) is 12.4 Å². The molecule has 1 saturated heterocycles. The van der Waals surface area contributed by atoms with Gasteiger partial charge in [0.25, 0.3) is 0 Å². The number of rotatable bonds is 4. The molecule has 0 spiro atoms. The Morgan fingerprint density at radius 3 is 2.45 bits per heavy atom. The lowest BCUT2D eigenvalue weighted by Crippen LogP contribution is -2.52. The van der Waals surface area contributed by atoms with Crippen LogP contribution in [0.3, 0.4) is 0 Å². The average molecular weight is 431 g/mol. The number of hydrogen-bond acceptors (Lipinski definition) is 4. The number of benzene rings is 1. The van der Waals surface area contributed by atoms with E-state index in [-0.39, 0.29) is 35.1 Å². The minimum absolute atomic E-state index is 0. The lowest BCUT2D eigenvalue weighted by Gasteiger charge is -2.48. The Morgan fingerprint density at radius 1 is 1.17 bits per heavy atom. The third-order valence-electron chi connectivity index (χ3n) is 6.64. The van der Waals surface area contributed by atoms with Crippen LogP contribution in [0, 0.1) is 11.6 Å². The van der Waals surface area contributed by atoms with Gasteiger partial charge in [-0.25, -0.2) is 13.6 Å². The number of likely N-dealkylation sites (tertiary alicyclic amines) is 1. The third kappa shape index (κ3) is 4.23. The summed E-state index contributed by atoms with van der Waals surface area (Å²) in [6, 6.07) is 1.83. The topological polar surface area (TPSA) is 47.6 Å². The molecular formula is C21H29ClF2N2O3. The summed E-state index contributed by atoms with van der Waals surface area (Å²) >= 11 is 0. The molecule has 0 amide bonds. The largest absolute Gasteiger partial charge is 0.420 e. The lowest BCUT2D eigenvalue weighted by atomic mass is 9.79. The molecule has 2 heterocycles. The van der Waals surface area contributed by atoms with E-state index in [2.05, 4.69) is 11.8 Å². The lowest BCUT2D eigenvalue weighted by molar-refractivity contribution is -0.0274. The number of ether oxygens (including phenoxy) is 1. The maximum Gasteiger partial charge on any atom is 0.420 e. The number of oxazole rings is 1. The fraction of sp³-hybridized carbons (Fsp3) is 0.667. The standard InChI is InChI=1S/C21H28F2N2O3.ClH/c1-3-27-16-4-8-21(2,9-5-16)24-10-6-15(7-11-24)25-18-13-14(22)12-17(23)19(18)28-20(25)26;/h12-13,15-16H,3-11H2,1-2H3;1H/t16-,21-;. The van der Waals surface area contributed by atoms with Gasteiger partial charge in [0, 0.05) is 43.4 Å². The Labute approximate surface area is 175 Å². The second-order valence-electron chi connectivity index (χ2n) is 8.34. The molecule has 1 aliphatic heterocycles.